The van der Waals surface area contributed by atoms with Gasteiger partial charge in [-0.1, -0.05) is 394 Å². The van der Waals surface area contributed by atoms with E-state index in [9.17, 15) is 43.2 Å². The SMILES string of the molecule is CCCCCCCCCCCCCCCCCCCCC(=O)O[C@H](COC(=O)CCCCCCCCCCCCCCCCCCC)COP(=O)(O)OC[C@@H](O)COP(=O)(O)OC[C@@H](COC(=O)CCCCCCCCCC(C)C)OC(=O)CCCCCCCCCCCCCCCCCCC. The lowest BCUT2D eigenvalue weighted by atomic mass is 10.0. The summed E-state index contributed by atoms with van der Waals surface area (Å²) >= 11 is 0. The van der Waals surface area contributed by atoms with Crippen LogP contribution in [0.4, 0.5) is 0 Å². The molecule has 0 fully saturated rings. The highest BCUT2D eigenvalue weighted by atomic mass is 31.2. The van der Waals surface area contributed by atoms with Gasteiger partial charge in [-0.3, -0.25) is 37.3 Å². The molecule has 5 atom stereocenters. The fourth-order valence-electron chi connectivity index (χ4n) is 12.9. The number of hydrogen-bond acceptors (Lipinski definition) is 15. The Bertz CT molecular complexity index is 1940. The van der Waals surface area contributed by atoms with Crippen molar-refractivity contribution in [2.24, 2.45) is 5.92 Å². The van der Waals surface area contributed by atoms with E-state index in [1.807, 2.05) is 0 Å². The molecular formula is C83H162O17P2. The molecule has 0 aromatic carbocycles. The van der Waals surface area contributed by atoms with E-state index in [0.29, 0.717) is 31.6 Å². The molecule has 0 aromatic rings. The van der Waals surface area contributed by atoms with Crippen molar-refractivity contribution in [1.82, 2.24) is 0 Å². The van der Waals surface area contributed by atoms with Gasteiger partial charge >= 0.3 is 39.5 Å². The van der Waals surface area contributed by atoms with E-state index >= 15 is 0 Å². The minimum absolute atomic E-state index is 0.108. The predicted octanol–water partition coefficient (Wildman–Crippen LogP) is 25.2. The lowest BCUT2D eigenvalue weighted by Gasteiger charge is -2.21. The molecule has 0 bridgehead atoms. The van der Waals surface area contributed by atoms with Crippen LogP contribution >= 0.6 is 15.6 Å². The first kappa shape index (κ1) is 100. The second kappa shape index (κ2) is 75.9. The fraction of sp³-hybridized carbons (Fsp3) is 0.952. The molecule has 0 heterocycles. The van der Waals surface area contributed by atoms with Gasteiger partial charge in [0.2, 0.25) is 0 Å². The van der Waals surface area contributed by atoms with Crippen molar-refractivity contribution in [3.05, 3.63) is 0 Å². The normalized spacial score (nSPS) is 13.8. The first-order chi connectivity index (χ1) is 49.5. The van der Waals surface area contributed by atoms with Crippen LogP contribution in [0.3, 0.4) is 0 Å². The van der Waals surface area contributed by atoms with E-state index in [1.165, 1.54) is 263 Å². The van der Waals surface area contributed by atoms with Gasteiger partial charge in [0.1, 0.15) is 19.3 Å². The first-order valence-electron chi connectivity index (χ1n) is 43.1. The van der Waals surface area contributed by atoms with Crippen molar-refractivity contribution < 1.29 is 80.2 Å². The molecule has 102 heavy (non-hydrogen) atoms. The average Bonchev–Trinajstić information content (AvgIpc) is 0.925. The molecule has 0 aliphatic rings. The number of hydrogen-bond donors (Lipinski definition) is 3. The van der Waals surface area contributed by atoms with Crippen LogP contribution in [0.5, 0.6) is 0 Å². The summed E-state index contributed by atoms with van der Waals surface area (Å²) in [7, 11) is -9.92. The van der Waals surface area contributed by atoms with Gasteiger partial charge in [-0.2, -0.15) is 0 Å². The van der Waals surface area contributed by atoms with Crippen LogP contribution < -0.4 is 0 Å². The molecule has 17 nitrogen and oxygen atoms in total. The van der Waals surface area contributed by atoms with Crippen LogP contribution in [0.25, 0.3) is 0 Å². The maximum Gasteiger partial charge on any atom is 0.472 e. The van der Waals surface area contributed by atoms with Crippen molar-refractivity contribution in [1.29, 1.82) is 0 Å². The Kier molecular flexibility index (Phi) is 74.4. The molecule has 0 aliphatic carbocycles. The number of esters is 4. The van der Waals surface area contributed by atoms with Crippen LogP contribution in [0.2, 0.25) is 0 Å². The van der Waals surface area contributed by atoms with Gasteiger partial charge in [-0.15, -0.1) is 0 Å². The van der Waals surface area contributed by atoms with E-state index in [1.54, 1.807) is 0 Å². The third-order valence-corrected chi connectivity index (χ3v) is 21.4. The Labute approximate surface area is 626 Å². The van der Waals surface area contributed by atoms with E-state index in [4.69, 9.17) is 37.0 Å². The number of aliphatic hydroxyl groups is 1. The summed E-state index contributed by atoms with van der Waals surface area (Å²) in [6.45, 7) is 7.30. The largest absolute Gasteiger partial charge is 0.472 e. The van der Waals surface area contributed by atoms with Gasteiger partial charge in [0.05, 0.1) is 26.4 Å². The van der Waals surface area contributed by atoms with Crippen LogP contribution in [0, 0.1) is 5.92 Å². The topological polar surface area (TPSA) is 237 Å². The number of carbonyl (C=O) groups is 4. The highest BCUT2D eigenvalue weighted by Crippen LogP contribution is 2.45. The summed E-state index contributed by atoms with van der Waals surface area (Å²) < 4.78 is 68.8. The molecule has 0 rings (SSSR count). The third-order valence-electron chi connectivity index (χ3n) is 19.5. The van der Waals surface area contributed by atoms with Gasteiger partial charge in [0.15, 0.2) is 12.2 Å². The Morgan fingerprint density at radius 3 is 0.667 bits per heavy atom. The molecule has 0 spiro atoms. The maximum atomic E-state index is 13.1. The Morgan fingerprint density at radius 1 is 0.265 bits per heavy atom. The maximum absolute atomic E-state index is 13.1. The fourth-order valence-corrected chi connectivity index (χ4v) is 14.5. The van der Waals surface area contributed by atoms with Crippen LogP contribution in [-0.2, 0) is 65.4 Å². The van der Waals surface area contributed by atoms with Crippen molar-refractivity contribution in [3.63, 3.8) is 0 Å². The number of unbranched alkanes of at least 4 members (excludes halogenated alkanes) is 55. The smallest absolute Gasteiger partial charge is 0.462 e. The zero-order valence-electron chi connectivity index (χ0n) is 66.8. The van der Waals surface area contributed by atoms with Gasteiger partial charge in [0.25, 0.3) is 0 Å². The molecule has 0 saturated carbocycles. The van der Waals surface area contributed by atoms with Crippen molar-refractivity contribution in [2.45, 2.75) is 464 Å². The molecule has 3 N–H and O–H groups in total. The summed E-state index contributed by atoms with van der Waals surface area (Å²) in [6, 6.07) is 0. The molecule has 2 unspecified atom stereocenters. The zero-order valence-corrected chi connectivity index (χ0v) is 68.5. The van der Waals surface area contributed by atoms with Gasteiger partial charge in [-0.25, -0.2) is 9.13 Å². The summed E-state index contributed by atoms with van der Waals surface area (Å²) in [6.07, 6.45) is 68.1. The highest BCUT2D eigenvalue weighted by molar-refractivity contribution is 7.47. The predicted molar refractivity (Wildman–Crippen MR) is 418 cm³/mol. The molecule has 19 heteroatoms. The minimum atomic E-state index is -4.96. The Balaban J connectivity index is 5.23. The summed E-state index contributed by atoms with van der Waals surface area (Å²) in [5.74, 6) is -1.40. The second-order valence-electron chi connectivity index (χ2n) is 30.3. The van der Waals surface area contributed by atoms with Gasteiger partial charge in [-0.05, 0) is 31.6 Å². The number of phosphoric ester groups is 2. The standard InChI is InChI=1S/C83H162O17P2/c1-6-9-12-15-18-21-24-27-30-33-36-39-42-45-48-53-59-64-68-82(87)99-78(72-93-80(85)66-61-56-51-46-43-40-37-34-31-28-25-22-19-16-13-10-7-2)74-97-101(89,90)95-70-77(84)71-96-102(91,92)98-75-79(73-94-81(86)67-62-57-54-49-50-55-60-65-76(4)5)100-83(88)69-63-58-52-47-44-41-38-35-32-29-26-23-20-17-14-11-8-3/h76-79,84H,6-75H2,1-5H3,(H,89,90)(H,91,92)/t77-,78-,79-/m1/s1. The molecule has 0 radical (unpaired) electrons. The summed E-state index contributed by atoms with van der Waals surface area (Å²) in [5, 5.41) is 10.7. The molecule has 0 amide bonds. The van der Waals surface area contributed by atoms with E-state index in [0.717, 1.165) is 96.3 Å². The number of ether oxygens (including phenoxy) is 4. The molecular weight excluding hydrogens is 1330 g/mol. The number of aliphatic hydroxyl groups excluding tert-OH is 1. The Hall–Kier alpha value is -1.94. The average molecular weight is 1490 g/mol. The lowest BCUT2D eigenvalue weighted by molar-refractivity contribution is -0.161. The van der Waals surface area contributed by atoms with Crippen LogP contribution in [0.15, 0.2) is 0 Å². The number of carbonyl (C=O) groups excluding carboxylic acids is 4. The first-order valence-corrected chi connectivity index (χ1v) is 46.1. The molecule has 606 valence electrons. The molecule has 0 aromatic heterocycles. The summed E-state index contributed by atoms with van der Waals surface area (Å²) in [4.78, 5) is 73.1. The van der Waals surface area contributed by atoms with Crippen molar-refractivity contribution >= 4 is 39.5 Å². The van der Waals surface area contributed by atoms with E-state index < -0.39 is 97.5 Å². The quantitative estimate of drug-likeness (QED) is 0.0222. The van der Waals surface area contributed by atoms with Crippen molar-refractivity contribution in [2.75, 3.05) is 39.6 Å². The van der Waals surface area contributed by atoms with E-state index in [2.05, 4.69) is 34.6 Å². The Morgan fingerprint density at radius 2 is 0.451 bits per heavy atom. The lowest BCUT2D eigenvalue weighted by Crippen LogP contribution is -2.30. The van der Waals surface area contributed by atoms with Crippen LogP contribution in [-0.4, -0.2) is 96.7 Å². The monoisotopic (exact) mass is 1490 g/mol. The minimum Gasteiger partial charge on any atom is -0.462 e. The van der Waals surface area contributed by atoms with Crippen LogP contribution in [0.1, 0.15) is 446 Å². The van der Waals surface area contributed by atoms with E-state index in [-0.39, 0.29) is 25.7 Å². The number of phosphoric acid groups is 2. The zero-order chi connectivity index (χ0) is 74.8. The molecule has 0 aliphatic heterocycles. The number of rotatable bonds is 83. The third kappa shape index (κ3) is 76.3. The van der Waals surface area contributed by atoms with Gasteiger partial charge < -0.3 is 33.8 Å². The van der Waals surface area contributed by atoms with Gasteiger partial charge in [0, 0.05) is 25.7 Å². The van der Waals surface area contributed by atoms with Crippen molar-refractivity contribution in [3.8, 4) is 0 Å². The second-order valence-corrected chi connectivity index (χ2v) is 33.3. The molecule has 0 saturated heterocycles. The highest BCUT2D eigenvalue weighted by Gasteiger charge is 2.30. The summed E-state index contributed by atoms with van der Waals surface area (Å²) in [5.41, 5.74) is 0.